The second-order valence-corrected chi connectivity index (χ2v) is 6.07. The van der Waals surface area contributed by atoms with Crippen molar-refractivity contribution in [1.82, 2.24) is 5.32 Å². The van der Waals surface area contributed by atoms with Gasteiger partial charge in [0.1, 0.15) is 5.75 Å². The van der Waals surface area contributed by atoms with Crippen molar-refractivity contribution < 1.29 is 9.53 Å². The summed E-state index contributed by atoms with van der Waals surface area (Å²) >= 11 is 0. The largest absolute Gasteiger partial charge is 0.494 e. The van der Waals surface area contributed by atoms with Gasteiger partial charge in [0.05, 0.1) is 6.61 Å². The molecule has 2 aromatic rings. The third-order valence-corrected chi connectivity index (χ3v) is 4.27. The molecule has 1 aliphatic carbocycles. The lowest BCUT2D eigenvalue weighted by molar-refractivity contribution is 0.0938. The van der Waals surface area contributed by atoms with E-state index in [1.807, 2.05) is 24.3 Å². The molecule has 2 aromatic carbocycles. The number of ether oxygens (including phenoxy) is 1. The molecule has 0 saturated carbocycles. The summed E-state index contributed by atoms with van der Waals surface area (Å²) in [7, 11) is 0. The number of hydrogen-bond donors (Lipinski definition) is 1. The highest BCUT2D eigenvalue weighted by atomic mass is 16.5. The van der Waals surface area contributed by atoms with Crippen LogP contribution in [0, 0.1) is 0 Å². The first-order valence-electron chi connectivity index (χ1n) is 8.37. The van der Waals surface area contributed by atoms with Crippen LogP contribution in [0.4, 0.5) is 0 Å². The maximum atomic E-state index is 12.4. The van der Waals surface area contributed by atoms with Gasteiger partial charge in [0.15, 0.2) is 0 Å². The summed E-state index contributed by atoms with van der Waals surface area (Å²) in [6, 6.07) is 16.0. The Labute approximate surface area is 137 Å². The molecule has 3 rings (SSSR count). The summed E-state index contributed by atoms with van der Waals surface area (Å²) in [5, 5.41) is 3.13. The van der Waals surface area contributed by atoms with E-state index in [2.05, 4.69) is 36.5 Å². The molecule has 0 spiro atoms. The van der Waals surface area contributed by atoms with E-state index < -0.39 is 0 Å². The lowest BCUT2D eigenvalue weighted by Crippen LogP contribution is -2.35. The first kappa shape index (κ1) is 15.6. The molecule has 1 amide bonds. The summed E-state index contributed by atoms with van der Waals surface area (Å²) in [4.78, 5) is 12.4. The number of amides is 1. The SMILES string of the molecule is CCCCOc1ccc(C(=O)NC2Cc3ccccc3C2)cc1. The Balaban J connectivity index is 1.55. The van der Waals surface area contributed by atoms with Crippen LogP contribution in [-0.4, -0.2) is 18.6 Å². The number of unbranched alkanes of at least 4 members (excludes halogenated alkanes) is 1. The number of carbonyl (C=O) groups excluding carboxylic acids is 1. The van der Waals surface area contributed by atoms with Gasteiger partial charge < -0.3 is 10.1 Å². The van der Waals surface area contributed by atoms with E-state index in [1.54, 1.807) is 0 Å². The topological polar surface area (TPSA) is 38.3 Å². The van der Waals surface area contributed by atoms with Crippen molar-refractivity contribution in [2.24, 2.45) is 0 Å². The minimum Gasteiger partial charge on any atom is -0.494 e. The van der Waals surface area contributed by atoms with E-state index in [9.17, 15) is 4.79 Å². The van der Waals surface area contributed by atoms with Gasteiger partial charge in [0.2, 0.25) is 0 Å². The van der Waals surface area contributed by atoms with Crippen molar-refractivity contribution in [3.63, 3.8) is 0 Å². The van der Waals surface area contributed by atoms with Crippen LogP contribution in [0.15, 0.2) is 48.5 Å². The van der Waals surface area contributed by atoms with Gasteiger partial charge in [0.25, 0.3) is 5.91 Å². The molecule has 3 nitrogen and oxygen atoms in total. The van der Waals surface area contributed by atoms with Gasteiger partial charge in [0, 0.05) is 11.6 Å². The van der Waals surface area contributed by atoms with Gasteiger partial charge in [-0.3, -0.25) is 4.79 Å². The Hall–Kier alpha value is -2.29. The van der Waals surface area contributed by atoms with E-state index in [-0.39, 0.29) is 11.9 Å². The average molecular weight is 309 g/mol. The van der Waals surface area contributed by atoms with Crippen molar-refractivity contribution in [1.29, 1.82) is 0 Å². The highest BCUT2D eigenvalue weighted by Gasteiger charge is 2.22. The van der Waals surface area contributed by atoms with Gasteiger partial charge in [-0.25, -0.2) is 0 Å². The van der Waals surface area contributed by atoms with E-state index in [4.69, 9.17) is 4.74 Å². The molecular weight excluding hydrogens is 286 g/mol. The molecule has 0 aliphatic heterocycles. The number of fused-ring (bicyclic) bond motifs is 1. The summed E-state index contributed by atoms with van der Waals surface area (Å²) in [6.07, 6.45) is 4.00. The van der Waals surface area contributed by atoms with Crippen LogP contribution in [-0.2, 0) is 12.8 Å². The molecule has 0 saturated heterocycles. The smallest absolute Gasteiger partial charge is 0.251 e. The molecule has 0 unspecified atom stereocenters. The Morgan fingerprint density at radius 3 is 2.35 bits per heavy atom. The molecule has 1 N–H and O–H groups in total. The number of rotatable bonds is 6. The van der Waals surface area contributed by atoms with E-state index in [0.29, 0.717) is 5.56 Å². The maximum Gasteiger partial charge on any atom is 0.251 e. The van der Waals surface area contributed by atoms with Crippen LogP contribution in [0.1, 0.15) is 41.3 Å². The predicted octanol–water partition coefficient (Wildman–Crippen LogP) is 3.76. The predicted molar refractivity (Wildman–Crippen MR) is 91.9 cm³/mol. The number of benzene rings is 2. The highest BCUT2D eigenvalue weighted by Crippen LogP contribution is 2.22. The molecular formula is C20H23NO2. The second kappa shape index (κ2) is 7.32. The van der Waals surface area contributed by atoms with Crippen LogP contribution in [0.2, 0.25) is 0 Å². The zero-order valence-corrected chi connectivity index (χ0v) is 13.5. The van der Waals surface area contributed by atoms with Crippen LogP contribution in [0.5, 0.6) is 5.75 Å². The number of nitrogens with one attached hydrogen (secondary N) is 1. The molecule has 120 valence electrons. The van der Waals surface area contributed by atoms with Crippen molar-refractivity contribution in [3.05, 3.63) is 65.2 Å². The molecule has 3 heteroatoms. The average Bonchev–Trinajstić information content (AvgIpc) is 2.98. The Kier molecular flexibility index (Phi) is 4.96. The third kappa shape index (κ3) is 3.92. The maximum absolute atomic E-state index is 12.4. The first-order chi connectivity index (χ1) is 11.3. The summed E-state index contributed by atoms with van der Waals surface area (Å²) in [6.45, 7) is 2.86. The fourth-order valence-electron chi connectivity index (χ4n) is 2.97. The van der Waals surface area contributed by atoms with Crippen molar-refractivity contribution in [2.45, 2.75) is 38.6 Å². The minimum atomic E-state index is -0.0112. The Morgan fingerprint density at radius 1 is 1.09 bits per heavy atom. The molecule has 0 bridgehead atoms. The number of hydrogen-bond acceptors (Lipinski definition) is 2. The van der Waals surface area contributed by atoms with Gasteiger partial charge in [-0.15, -0.1) is 0 Å². The zero-order chi connectivity index (χ0) is 16.1. The fraction of sp³-hybridized carbons (Fsp3) is 0.350. The first-order valence-corrected chi connectivity index (χ1v) is 8.37. The minimum absolute atomic E-state index is 0.0112. The zero-order valence-electron chi connectivity index (χ0n) is 13.5. The quantitative estimate of drug-likeness (QED) is 0.825. The lowest BCUT2D eigenvalue weighted by atomic mass is 10.1. The van der Waals surface area contributed by atoms with Gasteiger partial charge >= 0.3 is 0 Å². The summed E-state index contributed by atoms with van der Waals surface area (Å²) < 4.78 is 5.63. The summed E-state index contributed by atoms with van der Waals surface area (Å²) in [5.74, 6) is 0.811. The van der Waals surface area contributed by atoms with Crippen molar-refractivity contribution in [2.75, 3.05) is 6.61 Å². The lowest BCUT2D eigenvalue weighted by Gasteiger charge is -2.12. The van der Waals surface area contributed by atoms with E-state index in [0.717, 1.165) is 38.0 Å². The normalized spacial score (nSPS) is 13.6. The van der Waals surface area contributed by atoms with Crippen molar-refractivity contribution >= 4 is 5.91 Å². The second-order valence-electron chi connectivity index (χ2n) is 6.07. The molecule has 0 heterocycles. The monoisotopic (exact) mass is 309 g/mol. The Morgan fingerprint density at radius 2 is 1.74 bits per heavy atom. The van der Waals surface area contributed by atoms with Crippen LogP contribution in [0.25, 0.3) is 0 Å². The van der Waals surface area contributed by atoms with Crippen LogP contribution >= 0.6 is 0 Å². The van der Waals surface area contributed by atoms with E-state index in [1.165, 1.54) is 11.1 Å². The fourth-order valence-corrected chi connectivity index (χ4v) is 2.97. The standard InChI is InChI=1S/C20H23NO2/c1-2-3-12-23-19-10-8-15(9-11-19)20(22)21-18-13-16-6-4-5-7-17(16)14-18/h4-11,18H,2-3,12-14H2,1H3,(H,21,22). The summed E-state index contributed by atoms with van der Waals surface area (Å²) in [5.41, 5.74) is 3.37. The molecule has 0 radical (unpaired) electrons. The van der Waals surface area contributed by atoms with Crippen LogP contribution < -0.4 is 10.1 Å². The molecule has 0 fully saturated rings. The van der Waals surface area contributed by atoms with Crippen LogP contribution in [0.3, 0.4) is 0 Å². The molecule has 0 atom stereocenters. The molecule has 23 heavy (non-hydrogen) atoms. The van der Waals surface area contributed by atoms with Gasteiger partial charge in [-0.05, 0) is 54.7 Å². The van der Waals surface area contributed by atoms with Gasteiger partial charge in [-0.2, -0.15) is 0 Å². The number of carbonyl (C=O) groups is 1. The molecule has 0 aromatic heterocycles. The molecule has 1 aliphatic rings. The van der Waals surface area contributed by atoms with Gasteiger partial charge in [-0.1, -0.05) is 37.6 Å². The van der Waals surface area contributed by atoms with E-state index >= 15 is 0 Å². The highest BCUT2D eigenvalue weighted by molar-refractivity contribution is 5.94. The van der Waals surface area contributed by atoms with Crippen molar-refractivity contribution in [3.8, 4) is 5.75 Å². The third-order valence-electron chi connectivity index (χ3n) is 4.27. The Bertz CT molecular complexity index is 639.